The van der Waals surface area contributed by atoms with E-state index < -0.39 is 6.10 Å². The largest absolute Gasteiger partial charge is 0.387 e. The second-order valence-electron chi connectivity index (χ2n) is 5.32. The molecule has 1 aliphatic rings. The molecule has 1 heterocycles. The van der Waals surface area contributed by atoms with E-state index >= 15 is 0 Å². The molecule has 0 amide bonds. The fourth-order valence-electron chi connectivity index (χ4n) is 2.51. The van der Waals surface area contributed by atoms with Gasteiger partial charge in [-0.05, 0) is 50.2 Å². The molecule has 2 atom stereocenters. The summed E-state index contributed by atoms with van der Waals surface area (Å²) >= 11 is 0. The summed E-state index contributed by atoms with van der Waals surface area (Å²) in [5, 5.41) is 22.1. The Morgan fingerprint density at radius 1 is 1.47 bits per heavy atom. The summed E-state index contributed by atoms with van der Waals surface area (Å²) in [7, 11) is 2.14. The van der Waals surface area contributed by atoms with Gasteiger partial charge in [0.2, 0.25) is 0 Å². The van der Waals surface area contributed by atoms with E-state index in [1.54, 1.807) is 12.1 Å². The second-order valence-corrected chi connectivity index (χ2v) is 5.32. The number of hydrogen-bond acceptors (Lipinski definition) is 4. The van der Waals surface area contributed by atoms with Crippen molar-refractivity contribution in [1.82, 2.24) is 10.2 Å². The minimum Gasteiger partial charge on any atom is -0.387 e. The normalized spacial score (nSPS) is 21.2. The summed E-state index contributed by atoms with van der Waals surface area (Å²) in [6.07, 6.45) is 0.725. The summed E-state index contributed by atoms with van der Waals surface area (Å²) in [5.41, 5.74) is 1.48. The smallest absolute Gasteiger partial charge is 0.0991 e. The number of rotatable bonds is 5. The standard InChI is InChI=1S/C15H21N3O/c1-18-7-6-13(11-18)9-17-10-15(19)14-4-2-12(8-16)3-5-14/h2-5,13,15,17,19H,6-7,9-11H2,1H3. The maximum absolute atomic E-state index is 10.1. The highest BCUT2D eigenvalue weighted by atomic mass is 16.3. The van der Waals surface area contributed by atoms with Gasteiger partial charge in [0.05, 0.1) is 17.7 Å². The molecule has 1 aliphatic heterocycles. The van der Waals surface area contributed by atoms with E-state index in [9.17, 15) is 5.11 Å². The minimum absolute atomic E-state index is 0.508. The molecule has 2 N–H and O–H groups in total. The number of nitriles is 1. The summed E-state index contributed by atoms with van der Waals surface area (Å²) < 4.78 is 0. The van der Waals surface area contributed by atoms with E-state index in [2.05, 4.69) is 23.3 Å². The molecule has 4 heteroatoms. The van der Waals surface area contributed by atoms with Crippen molar-refractivity contribution >= 4 is 0 Å². The third kappa shape index (κ3) is 4.03. The van der Waals surface area contributed by atoms with E-state index in [1.165, 1.54) is 13.0 Å². The predicted molar refractivity (Wildman–Crippen MR) is 74.6 cm³/mol. The Kier molecular flexibility index (Phi) is 4.92. The monoisotopic (exact) mass is 259 g/mol. The zero-order chi connectivity index (χ0) is 13.7. The SMILES string of the molecule is CN1CCC(CNCC(O)c2ccc(C#N)cc2)C1. The van der Waals surface area contributed by atoms with Crippen LogP contribution in [0.3, 0.4) is 0 Å². The van der Waals surface area contributed by atoms with Crippen molar-refractivity contribution in [1.29, 1.82) is 5.26 Å². The summed E-state index contributed by atoms with van der Waals surface area (Å²) in [5.74, 6) is 0.693. The fraction of sp³-hybridized carbons (Fsp3) is 0.533. The molecule has 0 spiro atoms. The third-order valence-electron chi connectivity index (χ3n) is 3.68. The molecule has 0 aliphatic carbocycles. The third-order valence-corrected chi connectivity index (χ3v) is 3.68. The molecular formula is C15H21N3O. The van der Waals surface area contributed by atoms with Crippen LogP contribution in [0, 0.1) is 17.2 Å². The summed E-state index contributed by atoms with van der Waals surface area (Å²) in [6, 6.07) is 9.18. The molecular weight excluding hydrogens is 238 g/mol. The first-order valence-corrected chi connectivity index (χ1v) is 6.76. The van der Waals surface area contributed by atoms with Gasteiger partial charge in [-0.1, -0.05) is 12.1 Å². The molecule has 0 aromatic heterocycles. The highest BCUT2D eigenvalue weighted by Crippen LogP contribution is 2.15. The Labute approximate surface area is 114 Å². The van der Waals surface area contributed by atoms with E-state index in [4.69, 9.17) is 5.26 Å². The number of likely N-dealkylation sites (tertiary alicyclic amines) is 1. The molecule has 2 rings (SSSR count). The van der Waals surface area contributed by atoms with Gasteiger partial charge in [-0.2, -0.15) is 5.26 Å². The molecule has 1 aromatic carbocycles. The Balaban J connectivity index is 1.74. The molecule has 0 saturated carbocycles. The fourth-order valence-corrected chi connectivity index (χ4v) is 2.51. The lowest BCUT2D eigenvalue weighted by molar-refractivity contribution is 0.173. The lowest BCUT2D eigenvalue weighted by Crippen LogP contribution is -2.28. The maximum atomic E-state index is 10.1. The van der Waals surface area contributed by atoms with Crippen molar-refractivity contribution in [2.75, 3.05) is 33.2 Å². The zero-order valence-corrected chi connectivity index (χ0v) is 11.3. The number of aliphatic hydroxyl groups excluding tert-OH is 1. The van der Waals surface area contributed by atoms with Gasteiger partial charge in [-0.15, -0.1) is 0 Å². The van der Waals surface area contributed by atoms with E-state index in [0.29, 0.717) is 18.0 Å². The highest BCUT2D eigenvalue weighted by molar-refractivity contribution is 5.32. The van der Waals surface area contributed by atoms with Gasteiger partial charge in [0.1, 0.15) is 0 Å². The topological polar surface area (TPSA) is 59.3 Å². The van der Waals surface area contributed by atoms with E-state index in [-0.39, 0.29) is 0 Å². The Morgan fingerprint density at radius 2 is 2.21 bits per heavy atom. The van der Waals surface area contributed by atoms with Crippen LogP contribution in [-0.4, -0.2) is 43.2 Å². The minimum atomic E-state index is -0.508. The maximum Gasteiger partial charge on any atom is 0.0991 e. The predicted octanol–water partition coefficient (Wildman–Crippen LogP) is 1.13. The van der Waals surface area contributed by atoms with Crippen molar-refractivity contribution in [3.8, 4) is 6.07 Å². The van der Waals surface area contributed by atoms with Crippen LogP contribution in [0.4, 0.5) is 0 Å². The molecule has 102 valence electrons. The molecule has 1 aromatic rings. The number of aliphatic hydroxyl groups is 1. The first kappa shape index (κ1) is 14.0. The molecule has 1 fully saturated rings. The van der Waals surface area contributed by atoms with Crippen LogP contribution in [0.1, 0.15) is 23.7 Å². The van der Waals surface area contributed by atoms with E-state index in [0.717, 1.165) is 18.7 Å². The molecule has 4 nitrogen and oxygen atoms in total. The molecule has 2 unspecified atom stereocenters. The van der Waals surface area contributed by atoms with Crippen LogP contribution in [0.25, 0.3) is 0 Å². The van der Waals surface area contributed by atoms with Crippen molar-refractivity contribution in [2.45, 2.75) is 12.5 Å². The van der Waals surface area contributed by atoms with Gasteiger partial charge in [0, 0.05) is 13.1 Å². The zero-order valence-electron chi connectivity index (χ0n) is 11.3. The Hall–Kier alpha value is -1.41. The van der Waals surface area contributed by atoms with Crippen LogP contribution < -0.4 is 5.32 Å². The van der Waals surface area contributed by atoms with Crippen LogP contribution in [0.2, 0.25) is 0 Å². The summed E-state index contributed by atoms with van der Waals surface area (Å²) in [6.45, 7) is 3.83. The Morgan fingerprint density at radius 3 is 2.79 bits per heavy atom. The van der Waals surface area contributed by atoms with Crippen molar-refractivity contribution < 1.29 is 5.11 Å². The second kappa shape index (κ2) is 6.67. The summed E-state index contributed by atoms with van der Waals surface area (Å²) in [4.78, 5) is 2.34. The van der Waals surface area contributed by atoms with Crippen LogP contribution in [0.15, 0.2) is 24.3 Å². The molecule has 19 heavy (non-hydrogen) atoms. The van der Waals surface area contributed by atoms with Gasteiger partial charge in [0.15, 0.2) is 0 Å². The highest BCUT2D eigenvalue weighted by Gasteiger charge is 2.19. The molecule has 0 bridgehead atoms. The molecule has 0 radical (unpaired) electrons. The van der Waals surface area contributed by atoms with Crippen LogP contribution in [0.5, 0.6) is 0 Å². The van der Waals surface area contributed by atoms with Crippen LogP contribution >= 0.6 is 0 Å². The van der Waals surface area contributed by atoms with Gasteiger partial charge in [-0.25, -0.2) is 0 Å². The van der Waals surface area contributed by atoms with Gasteiger partial charge < -0.3 is 15.3 Å². The number of benzene rings is 1. The lowest BCUT2D eigenvalue weighted by atomic mass is 10.1. The van der Waals surface area contributed by atoms with Crippen LogP contribution in [-0.2, 0) is 0 Å². The van der Waals surface area contributed by atoms with Gasteiger partial charge in [-0.3, -0.25) is 0 Å². The van der Waals surface area contributed by atoms with Gasteiger partial charge in [0.25, 0.3) is 0 Å². The average Bonchev–Trinajstić information content (AvgIpc) is 2.84. The Bertz CT molecular complexity index is 438. The number of hydrogen-bond donors (Lipinski definition) is 2. The quantitative estimate of drug-likeness (QED) is 0.832. The van der Waals surface area contributed by atoms with Crippen molar-refractivity contribution in [2.24, 2.45) is 5.92 Å². The number of nitrogens with one attached hydrogen (secondary N) is 1. The van der Waals surface area contributed by atoms with Crippen molar-refractivity contribution in [3.05, 3.63) is 35.4 Å². The average molecular weight is 259 g/mol. The van der Waals surface area contributed by atoms with Crippen molar-refractivity contribution in [3.63, 3.8) is 0 Å². The molecule has 1 saturated heterocycles. The van der Waals surface area contributed by atoms with E-state index in [1.807, 2.05) is 12.1 Å². The number of nitrogens with zero attached hydrogens (tertiary/aromatic N) is 2. The van der Waals surface area contributed by atoms with Gasteiger partial charge >= 0.3 is 0 Å². The lowest BCUT2D eigenvalue weighted by Gasteiger charge is -2.15. The first-order valence-electron chi connectivity index (χ1n) is 6.76. The first-order chi connectivity index (χ1) is 9.19.